The summed E-state index contributed by atoms with van der Waals surface area (Å²) in [4.78, 5) is 15.1. The van der Waals surface area contributed by atoms with Gasteiger partial charge in [-0.25, -0.2) is 0 Å². The number of benzene rings is 2. The number of amides is 1. The van der Waals surface area contributed by atoms with Crippen LogP contribution in [0, 0.1) is 0 Å². The summed E-state index contributed by atoms with van der Waals surface area (Å²) < 4.78 is 7.58. The van der Waals surface area contributed by atoms with E-state index < -0.39 is 0 Å². The molecule has 0 spiro atoms. The summed E-state index contributed by atoms with van der Waals surface area (Å²) >= 11 is 7.51. The van der Waals surface area contributed by atoms with Gasteiger partial charge in [0.25, 0.3) is 0 Å². The van der Waals surface area contributed by atoms with E-state index in [1.54, 1.807) is 0 Å². The van der Waals surface area contributed by atoms with E-state index in [0.29, 0.717) is 28.4 Å². The van der Waals surface area contributed by atoms with Crippen LogP contribution in [0.5, 0.6) is 5.75 Å². The summed E-state index contributed by atoms with van der Waals surface area (Å²) in [7, 11) is 0. The molecule has 8 heteroatoms. The minimum absolute atomic E-state index is 0.147. The standard InChI is InChI=1S/C25H29ClN4O2S/c1-4-32-22-14-12-21(13-15-22)30-24(19-8-10-20(26)11-9-19)27-28-25(30)33-16-23(31)29-17(2)6-5-7-18(29)3/h8-15,17-18H,4-7,16H2,1-3H3. The molecule has 0 bridgehead atoms. The van der Waals surface area contributed by atoms with Crippen LogP contribution in [-0.4, -0.2) is 50.0 Å². The summed E-state index contributed by atoms with van der Waals surface area (Å²) in [6, 6.07) is 15.9. The summed E-state index contributed by atoms with van der Waals surface area (Å²) in [5.41, 5.74) is 1.81. The Bertz CT molecular complexity index is 1070. The average molecular weight is 485 g/mol. The van der Waals surface area contributed by atoms with Crippen molar-refractivity contribution in [2.45, 2.75) is 57.3 Å². The molecule has 4 rings (SSSR count). The van der Waals surface area contributed by atoms with Gasteiger partial charge in [-0.2, -0.15) is 0 Å². The van der Waals surface area contributed by atoms with E-state index in [0.717, 1.165) is 29.8 Å². The Morgan fingerprint density at radius 2 is 1.73 bits per heavy atom. The monoisotopic (exact) mass is 484 g/mol. The fourth-order valence-electron chi connectivity index (χ4n) is 4.35. The van der Waals surface area contributed by atoms with Gasteiger partial charge in [-0.15, -0.1) is 10.2 Å². The van der Waals surface area contributed by atoms with E-state index in [4.69, 9.17) is 16.3 Å². The molecule has 1 fully saturated rings. The largest absolute Gasteiger partial charge is 0.494 e. The second-order valence-electron chi connectivity index (χ2n) is 8.29. The van der Waals surface area contributed by atoms with Gasteiger partial charge in [0.1, 0.15) is 5.75 Å². The molecule has 0 saturated carbocycles. The van der Waals surface area contributed by atoms with Gasteiger partial charge in [0, 0.05) is 28.4 Å². The lowest BCUT2D eigenvalue weighted by Crippen LogP contribution is -2.48. The van der Waals surface area contributed by atoms with Crippen molar-refractivity contribution in [2.24, 2.45) is 0 Å². The van der Waals surface area contributed by atoms with Crippen molar-refractivity contribution >= 4 is 29.3 Å². The molecule has 1 aromatic heterocycles. The molecule has 0 N–H and O–H groups in total. The third-order valence-electron chi connectivity index (χ3n) is 5.95. The maximum Gasteiger partial charge on any atom is 0.233 e. The van der Waals surface area contributed by atoms with E-state index in [2.05, 4.69) is 24.0 Å². The predicted octanol–water partition coefficient (Wildman–Crippen LogP) is 5.87. The fraction of sp³-hybridized carbons (Fsp3) is 0.400. The molecular formula is C25H29ClN4O2S. The molecule has 1 aliphatic rings. The smallest absolute Gasteiger partial charge is 0.233 e. The van der Waals surface area contributed by atoms with Gasteiger partial charge in [-0.3, -0.25) is 9.36 Å². The zero-order chi connectivity index (χ0) is 23.4. The first-order chi connectivity index (χ1) is 16.0. The van der Waals surface area contributed by atoms with Gasteiger partial charge < -0.3 is 9.64 Å². The van der Waals surface area contributed by atoms with Crippen molar-refractivity contribution < 1.29 is 9.53 Å². The number of carbonyl (C=O) groups excluding carboxylic acids is 1. The molecule has 0 radical (unpaired) electrons. The molecule has 2 aromatic carbocycles. The Kier molecular flexibility index (Phi) is 7.60. The molecule has 2 unspecified atom stereocenters. The lowest BCUT2D eigenvalue weighted by atomic mass is 9.98. The molecule has 33 heavy (non-hydrogen) atoms. The van der Waals surface area contributed by atoms with E-state index in [9.17, 15) is 4.79 Å². The van der Waals surface area contributed by atoms with Gasteiger partial charge in [0.15, 0.2) is 11.0 Å². The van der Waals surface area contributed by atoms with Crippen molar-refractivity contribution in [3.05, 3.63) is 53.6 Å². The summed E-state index contributed by atoms with van der Waals surface area (Å²) in [6.45, 7) is 6.85. The maximum atomic E-state index is 13.1. The lowest BCUT2D eigenvalue weighted by molar-refractivity contribution is -0.134. The highest BCUT2D eigenvalue weighted by atomic mass is 35.5. The third-order valence-corrected chi connectivity index (χ3v) is 7.11. The summed E-state index contributed by atoms with van der Waals surface area (Å²) in [6.07, 6.45) is 3.30. The van der Waals surface area contributed by atoms with Crippen LogP contribution in [0.1, 0.15) is 40.0 Å². The highest BCUT2D eigenvalue weighted by molar-refractivity contribution is 7.99. The highest BCUT2D eigenvalue weighted by Crippen LogP contribution is 2.31. The first-order valence-corrected chi connectivity index (χ1v) is 12.7. The lowest BCUT2D eigenvalue weighted by Gasteiger charge is -2.39. The van der Waals surface area contributed by atoms with Gasteiger partial charge in [-0.05, 0) is 88.6 Å². The van der Waals surface area contributed by atoms with Crippen LogP contribution >= 0.6 is 23.4 Å². The van der Waals surface area contributed by atoms with Crippen molar-refractivity contribution in [3.63, 3.8) is 0 Å². The number of halogens is 1. The van der Waals surface area contributed by atoms with Gasteiger partial charge in [-0.1, -0.05) is 23.4 Å². The number of ether oxygens (including phenoxy) is 1. The number of hydrogen-bond donors (Lipinski definition) is 0. The van der Waals surface area contributed by atoms with Crippen LogP contribution in [0.25, 0.3) is 17.1 Å². The van der Waals surface area contributed by atoms with Crippen LogP contribution in [0.4, 0.5) is 0 Å². The molecule has 1 amide bonds. The topological polar surface area (TPSA) is 60.2 Å². The Morgan fingerprint density at radius 1 is 1.06 bits per heavy atom. The minimum atomic E-state index is 0.147. The SMILES string of the molecule is CCOc1ccc(-n2c(SCC(=O)N3C(C)CCCC3C)nnc2-c2ccc(Cl)cc2)cc1. The van der Waals surface area contributed by atoms with Crippen molar-refractivity contribution in [1.82, 2.24) is 19.7 Å². The number of carbonyl (C=O) groups is 1. The van der Waals surface area contributed by atoms with Gasteiger partial charge in [0.05, 0.1) is 12.4 Å². The van der Waals surface area contributed by atoms with Gasteiger partial charge >= 0.3 is 0 Å². The average Bonchev–Trinajstić information content (AvgIpc) is 3.23. The normalized spacial score (nSPS) is 18.4. The fourth-order valence-corrected chi connectivity index (χ4v) is 5.30. The summed E-state index contributed by atoms with van der Waals surface area (Å²) in [5.74, 6) is 1.98. The number of rotatable bonds is 7. The molecule has 1 aliphatic heterocycles. The number of thioether (sulfide) groups is 1. The number of likely N-dealkylation sites (tertiary alicyclic amines) is 1. The molecule has 2 atom stereocenters. The molecule has 174 valence electrons. The van der Waals surface area contributed by atoms with E-state index in [-0.39, 0.29) is 18.0 Å². The van der Waals surface area contributed by atoms with Gasteiger partial charge in [0.2, 0.25) is 5.91 Å². The third kappa shape index (κ3) is 5.36. The Hall–Kier alpha value is -2.51. The molecule has 0 aliphatic carbocycles. The minimum Gasteiger partial charge on any atom is -0.494 e. The molecular weight excluding hydrogens is 456 g/mol. The van der Waals surface area contributed by atoms with E-state index in [1.807, 2.05) is 64.9 Å². The second-order valence-corrected chi connectivity index (χ2v) is 9.67. The van der Waals surface area contributed by atoms with Crippen molar-refractivity contribution in [2.75, 3.05) is 12.4 Å². The van der Waals surface area contributed by atoms with Crippen LogP contribution in [-0.2, 0) is 4.79 Å². The molecule has 2 heterocycles. The van der Waals surface area contributed by atoms with E-state index >= 15 is 0 Å². The highest BCUT2D eigenvalue weighted by Gasteiger charge is 2.29. The maximum absolute atomic E-state index is 13.1. The number of piperidine rings is 1. The predicted molar refractivity (Wildman–Crippen MR) is 133 cm³/mol. The van der Waals surface area contributed by atoms with Crippen LogP contribution in [0.15, 0.2) is 53.7 Å². The zero-order valence-electron chi connectivity index (χ0n) is 19.2. The Balaban J connectivity index is 1.63. The Morgan fingerprint density at radius 3 is 2.36 bits per heavy atom. The number of aromatic nitrogens is 3. The first-order valence-electron chi connectivity index (χ1n) is 11.4. The zero-order valence-corrected chi connectivity index (χ0v) is 20.8. The van der Waals surface area contributed by atoms with E-state index in [1.165, 1.54) is 18.2 Å². The van der Waals surface area contributed by atoms with Crippen molar-refractivity contribution in [1.29, 1.82) is 0 Å². The Labute approximate surface area is 204 Å². The molecule has 1 saturated heterocycles. The van der Waals surface area contributed by atoms with Crippen LogP contribution < -0.4 is 4.74 Å². The molecule has 3 aromatic rings. The number of nitrogens with zero attached hydrogens (tertiary/aromatic N) is 4. The first kappa shape index (κ1) is 23.6. The molecule has 6 nitrogen and oxygen atoms in total. The van der Waals surface area contributed by atoms with Crippen LogP contribution in [0.3, 0.4) is 0 Å². The van der Waals surface area contributed by atoms with Crippen LogP contribution in [0.2, 0.25) is 5.02 Å². The van der Waals surface area contributed by atoms with Crippen molar-refractivity contribution in [3.8, 4) is 22.8 Å². The number of hydrogen-bond acceptors (Lipinski definition) is 5. The quantitative estimate of drug-likeness (QED) is 0.392. The second kappa shape index (κ2) is 10.6. The summed E-state index contributed by atoms with van der Waals surface area (Å²) in [5, 5.41) is 10.2.